The van der Waals surface area contributed by atoms with Crippen LogP contribution in [0.5, 0.6) is 0 Å². The van der Waals surface area contributed by atoms with Gasteiger partial charge in [-0.3, -0.25) is 14.5 Å². The number of carboxylic acids is 1. The first kappa shape index (κ1) is 15.1. The lowest BCUT2D eigenvalue weighted by Crippen LogP contribution is -2.55. The number of aryl methyl sites for hydroxylation is 1. The molecule has 0 bridgehead atoms. The Labute approximate surface area is 129 Å². The van der Waals surface area contributed by atoms with Crippen LogP contribution in [-0.2, 0) is 4.79 Å². The Morgan fingerprint density at radius 1 is 1.41 bits per heavy atom. The van der Waals surface area contributed by atoms with E-state index in [4.69, 9.17) is 9.52 Å². The van der Waals surface area contributed by atoms with E-state index in [-0.39, 0.29) is 24.5 Å². The maximum Gasteiger partial charge on any atom is 0.317 e. The van der Waals surface area contributed by atoms with Crippen LogP contribution in [0.2, 0.25) is 0 Å². The van der Waals surface area contributed by atoms with Gasteiger partial charge in [0.05, 0.1) is 18.4 Å². The largest absolute Gasteiger partial charge is 0.480 e. The number of hydrogen-bond donors (Lipinski definition) is 2. The van der Waals surface area contributed by atoms with Gasteiger partial charge in [-0.05, 0) is 44.6 Å². The summed E-state index contributed by atoms with van der Waals surface area (Å²) in [7, 11) is 0. The van der Waals surface area contributed by atoms with Crippen molar-refractivity contribution in [2.75, 3.05) is 13.1 Å². The molecule has 0 radical (unpaired) electrons. The molecular formula is C16H22N2O4. The highest BCUT2D eigenvalue weighted by atomic mass is 16.4. The third-order valence-corrected chi connectivity index (χ3v) is 4.60. The fourth-order valence-electron chi connectivity index (χ4n) is 3.04. The number of carbonyl (C=O) groups is 2. The number of hydrogen-bond acceptors (Lipinski definition) is 4. The van der Waals surface area contributed by atoms with E-state index in [1.807, 2.05) is 0 Å². The zero-order valence-corrected chi connectivity index (χ0v) is 12.7. The summed E-state index contributed by atoms with van der Waals surface area (Å²) in [5.74, 6) is 0.403. The van der Waals surface area contributed by atoms with Gasteiger partial charge in [-0.25, -0.2) is 0 Å². The zero-order valence-electron chi connectivity index (χ0n) is 12.7. The minimum absolute atomic E-state index is 0.0999. The van der Waals surface area contributed by atoms with Crippen LogP contribution in [0.25, 0.3) is 0 Å². The molecular weight excluding hydrogens is 284 g/mol. The van der Waals surface area contributed by atoms with Gasteiger partial charge in [-0.1, -0.05) is 0 Å². The zero-order chi connectivity index (χ0) is 15.7. The SMILES string of the molecule is Cc1occc1C(=O)NC1CC(N(CC(=O)O)CC2CC2)C1. The fraction of sp³-hybridized carbons (Fsp3) is 0.625. The maximum absolute atomic E-state index is 12.1. The third-order valence-electron chi connectivity index (χ3n) is 4.60. The van der Waals surface area contributed by atoms with Gasteiger partial charge in [0, 0.05) is 18.6 Å². The molecule has 2 saturated carbocycles. The molecule has 2 fully saturated rings. The van der Waals surface area contributed by atoms with E-state index >= 15 is 0 Å². The van der Waals surface area contributed by atoms with Crippen molar-refractivity contribution in [2.45, 2.75) is 44.7 Å². The predicted octanol–water partition coefficient (Wildman–Crippen LogP) is 1.65. The van der Waals surface area contributed by atoms with Crippen LogP contribution >= 0.6 is 0 Å². The minimum Gasteiger partial charge on any atom is -0.480 e. The van der Waals surface area contributed by atoms with Crippen LogP contribution < -0.4 is 5.32 Å². The number of carboxylic acid groups (broad SMARTS) is 1. The Morgan fingerprint density at radius 2 is 2.14 bits per heavy atom. The van der Waals surface area contributed by atoms with Crippen LogP contribution in [0.4, 0.5) is 0 Å². The quantitative estimate of drug-likeness (QED) is 0.800. The van der Waals surface area contributed by atoms with E-state index < -0.39 is 5.97 Å². The van der Waals surface area contributed by atoms with E-state index in [9.17, 15) is 9.59 Å². The van der Waals surface area contributed by atoms with Gasteiger partial charge in [-0.15, -0.1) is 0 Å². The Balaban J connectivity index is 1.48. The smallest absolute Gasteiger partial charge is 0.317 e. The number of nitrogens with zero attached hydrogens (tertiary/aromatic N) is 1. The molecule has 0 spiro atoms. The summed E-state index contributed by atoms with van der Waals surface area (Å²) in [6.45, 7) is 2.74. The molecule has 0 unspecified atom stereocenters. The number of aliphatic carboxylic acids is 1. The van der Waals surface area contributed by atoms with Gasteiger partial charge >= 0.3 is 5.97 Å². The molecule has 1 heterocycles. The number of nitrogens with one attached hydrogen (secondary N) is 1. The van der Waals surface area contributed by atoms with E-state index in [0.29, 0.717) is 17.2 Å². The molecule has 2 aliphatic carbocycles. The highest BCUT2D eigenvalue weighted by molar-refractivity contribution is 5.95. The second kappa shape index (κ2) is 6.12. The number of furan rings is 1. The lowest BCUT2D eigenvalue weighted by molar-refractivity contribution is -0.139. The van der Waals surface area contributed by atoms with Crippen molar-refractivity contribution in [2.24, 2.45) is 5.92 Å². The summed E-state index contributed by atoms with van der Waals surface area (Å²) in [6.07, 6.45) is 5.58. The molecule has 0 atom stereocenters. The number of rotatable bonds is 7. The molecule has 2 N–H and O–H groups in total. The Morgan fingerprint density at radius 3 is 2.68 bits per heavy atom. The summed E-state index contributed by atoms with van der Waals surface area (Å²) in [5.41, 5.74) is 0.573. The molecule has 0 saturated heterocycles. The summed E-state index contributed by atoms with van der Waals surface area (Å²) in [6, 6.07) is 2.07. The first-order valence-corrected chi connectivity index (χ1v) is 7.83. The number of amides is 1. The van der Waals surface area contributed by atoms with Crippen molar-refractivity contribution >= 4 is 11.9 Å². The molecule has 1 amide bonds. The molecule has 6 heteroatoms. The number of carbonyl (C=O) groups excluding carboxylic acids is 1. The van der Waals surface area contributed by atoms with Crippen LogP contribution in [0.15, 0.2) is 16.7 Å². The van der Waals surface area contributed by atoms with Crippen LogP contribution in [0.1, 0.15) is 41.8 Å². The van der Waals surface area contributed by atoms with Gasteiger partial charge in [-0.2, -0.15) is 0 Å². The van der Waals surface area contributed by atoms with E-state index in [1.165, 1.54) is 19.1 Å². The van der Waals surface area contributed by atoms with Gasteiger partial charge in [0.2, 0.25) is 0 Å². The Hall–Kier alpha value is -1.82. The minimum atomic E-state index is -0.776. The summed E-state index contributed by atoms with van der Waals surface area (Å²) >= 11 is 0. The molecule has 1 aromatic heterocycles. The monoisotopic (exact) mass is 306 g/mol. The van der Waals surface area contributed by atoms with Crippen LogP contribution in [-0.4, -0.2) is 47.1 Å². The molecule has 2 aliphatic rings. The molecule has 0 aromatic carbocycles. The normalized spacial score (nSPS) is 24.1. The standard InChI is InChI=1S/C16H22N2O4/c1-10-14(4-5-22-10)16(21)17-12-6-13(7-12)18(9-15(19)20)8-11-2-3-11/h4-5,11-13H,2-3,6-9H2,1H3,(H,17,21)(H,19,20). The van der Waals surface area contributed by atoms with Crippen LogP contribution in [0, 0.1) is 12.8 Å². The second-order valence-corrected chi connectivity index (χ2v) is 6.45. The average molecular weight is 306 g/mol. The Kier molecular flexibility index (Phi) is 4.20. The topological polar surface area (TPSA) is 82.8 Å². The highest BCUT2D eigenvalue weighted by Gasteiger charge is 2.37. The molecule has 6 nitrogen and oxygen atoms in total. The lowest BCUT2D eigenvalue weighted by Gasteiger charge is -2.42. The summed E-state index contributed by atoms with van der Waals surface area (Å²) in [4.78, 5) is 25.1. The third kappa shape index (κ3) is 3.50. The first-order valence-electron chi connectivity index (χ1n) is 7.83. The molecule has 1 aromatic rings. The molecule has 3 rings (SSSR count). The van der Waals surface area contributed by atoms with Crippen molar-refractivity contribution in [3.63, 3.8) is 0 Å². The van der Waals surface area contributed by atoms with Crippen LogP contribution in [0.3, 0.4) is 0 Å². The molecule has 0 aliphatic heterocycles. The van der Waals surface area contributed by atoms with Crippen molar-refractivity contribution < 1.29 is 19.1 Å². The average Bonchev–Trinajstić information content (AvgIpc) is 3.11. The summed E-state index contributed by atoms with van der Waals surface area (Å²) in [5, 5.41) is 12.0. The molecule has 120 valence electrons. The summed E-state index contributed by atoms with van der Waals surface area (Å²) < 4.78 is 5.14. The van der Waals surface area contributed by atoms with Gasteiger partial charge in [0.1, 0.15) is 5.76 Å². The maximum atomic E-state index is 12.1. The fourth-order valence-corrected chi connectivity index (χ4v) is 3.04. The van der Waals surface area contributed by atoms with Crippen molar-refractivity contribution in [3.05, 3.63) is 23.7 Å². The predicted molar refractivity (Wildman–Crippen MR) is 79.7 cm³/mol. The van der Waals surface area contributed by atoms with Gasteiger partial charge in [0.25, 0.3) is 5.91 Å². The van der Waals surface area contributed by atoms with Crippen molar-refractivity contribution in [1.29, 1.82) is 0 Å². The van der Waals surface area contributed by atoms with Gasteiger partial charge < -0.3 is 14.8 Å². The van der Waals surface area contributed by atoms with Gasteiger partial charge in [0.15, 0.2) is 0 Å². The lowest BCUT2D eigenvalue weighted by atomic mass is 9.85. The molecule has 22 heavy (non-hydrogen) atoms. The highest BCUT2D eigenvalue weighted by Crippen LogP contribution is 2.33. The second-order valence-electron chi connectivity index (χ2n) is 6.45. The van der Waals surface area contributed by atoms with E-state index in [2.05, 4.69) is 10.2 Å². The van der Waals surface area contributed by atoms with Crippen molar-refractivity contribution in [3.8, 4) is 0 Å². The van der Waals surface area contributed by atoms with E-state index in [0.717, 1.165) is 19.4 Å². The Bertz CT molecular complexity index is 558. The van der Waals surface area contributed by atoms with E-state index in [1.54, 1.807) is 13.0 Å². The van der Waals surface area contributed by atoms with Crippen molar-refractivity contribution in [1.82, 2.24) is 10.2 Å². The first-order chi connectivity index (χ1) is 10.5.